The fourth-order valence-corrected chi connectivity index (χ4v) is 1.80. The summed E-state index contributed by atoms with van der Waals surface area (Å²) in [6.07, 6.45) is -0.0403. The van der Waals surface area contributed by atoms with E-state index in [1.165, 1.54) is 13.8 Å². The molecule has 2 N–H and O–H groups in total. The van der Waals surface area contributed by atoms with Gasteiger partial charge in [0.25, 0.3) is 0 Å². The molecule has 0 saturated heterocycles. The molecule has 104 valence electrons. The van der Waals surface area contributed by atoms with E-state index in [4.69, 9.17) is 0 Å². The van der Waals surface area contributed by atoms with Gasteiger partial charge in [-0.25, -0.2) is 9.59 Å². The first-order chi connectivity index (χ1) is 8.19. The lowest BCUT2D eigenvalue weighted by Crippen LogP contribution is -2.70. The van der Waals surface area contributed by atoms with Crippen molar-refractivity contribution in [3.63, 3.8) is 0 Å². The largest absolute Gasteiger partial charge is 0.467 e. The van der Waals surface area contributed by atoms with Crippen molar-refractivity contribution in [2.45, 2.75) is 38.3 Å². The smallest absolute Gasteiger partial charge is 0.340 e. The van der Waals surface area contributed by atoms with Crippen LogP contribution in [0.5, 0.6) is 0 Å². The van der Waals surface area contributed by atoms with Gasteiger partial charge >= 0.3 is 11.9 Å². The van der Waals surface area contributed by atoms with Crippen molar-refractivity contribution >= 4 is 17.8 Å². The summed E-state index contributed by atoms with van der Waals surface area (Å²) in [4.78, 5) is 34.7. The maximum Gasteiger partial charge on any atom is 0.340 e. The molecule has 0 heterocycles. The van der Waals surface area contributed by atoms with Gasteiger partial charge in [0.1, 0.15) is 0 Å². The molecule has 0 aromatic heterocycles. The molecule has 0 aliphatic rings. The monoisotopic (exact) mass is 261 g/mol. The Morgan fingerprint density at radius 3 is 1.89 bits per heavy atom. The first kappa shape index (κ1) is 16.4. The number of hydrogen-bond acceptors (Lipinski definition) is 6. The number of carbonyl (C=O) groups is 3. The zero-order valence-corrected chi connectivity index (χ0v) is 11.2. The Labute approximate surface area is 105 Å². The minimum Gasteiger partial charge on any atom is -0.467 e. The Morgan fingerprint density at radius 2 is 1.61 bits per heavy atom. The second kappa shape index (κ2) is 5.81. The van der Waals surface area contributed by atoms with Crippen LogP contribution in [-0.4, -0.2) is 48.3 Å². The number of rotatable bonds is 5. The number of nitrogens with one attached hydrogen (secondary N) is 1. The fourth-order valence-electron chi connectivity index (χ4n) is 1.80. The van der Waals surface area contributed by atoms with Crippen LogP contribution in [0.2, 0.25) is 0 Å². The van der Waals surface area contributed by atoms with Gasteiger partial charge in [-0.2, -0.15) is 0 Å². The molecule has 0 saturated carbocycles. The molecule has 18 heavy (non-hydrogen) atoms. The summed E-state index contributed by atoms with van der Waals surface area (Å²) in [6.45, 7) is 3.79. The summed E-state index contributed by atoms with van der Waals surface area (Å²) in [6, 6.07) is 0. The van der Waals surface area contributed by atoms with E-state index in [0.29, 0.717) is 0 Å². The van der Waals surface area contributed by atoms with Gasteiger partial charge < -0.3 is 19.9 Å². The van der Waals surface area contributed by atoms with Crippen LogP contribution in [0.3, 0.4) is 0 Å². The number of aliphatic hydroxyl groups is 1. The van der Waals surface area contributed by atoms with Gasteiger partial charge in [-0.1, -0.05) is 6.92 Å². The molecule has 7 nitrogen and oxygen atoms in total. The average molecular weight is 261 g/mol. The lowest BCUT2D eigenvalue weighted by molar-refractivity contribution is -0.183. The first-order valence-corrected chi connectivity index (χ1v) is 5.37. The summed E-state index contributed by atoms with van der Waals surface area (Å²) in [5.41, 5.74) is -4.13. The van der Waals surface area contributed by atoms with Crippen LogP contribution < -0.4 is 5.32 Å². The minimum atomic E-state index is -2.24. The van der Waals surface area contributed by atoms with Gasteiger partial charge in [-0.3, -0.25) is 4.79 Å². The highest BCUT2D eigenvalue weighted by Crippen LogP contribution is 2.28. The van der Waals surface area contributed by atoms with Crippen molar-refractivity contribution < 1.29 is 29.0 Å². The van der Waals surface area contributed by atoms with Gasteiger partial charge in [0, 0.05) is 6.92 Å². The van der Waals surface area contributed by atoms with Crippen molar-refractivity contribution in [3.8, 4) is 0 Å². The van der Waals surface area contributed by atoms with Crippen molar-refractivity contribution in [2.75, 3.05) is 14.2 Å². The third kappa shape index (κ3) is 2.61. The maximum absolute atomic E-state index is 11.9. The number of carbonyl (C=O) groups excluding carboxylic acids is 3. The zero-order valence-electron chi connectivity index (χ0n) is 11.2. The molecule has 1 amide bonds. The normalized spacial score (nSPS) is 17.0. The molecule has 0 radical (unpaired) electrons. The van der Waals surface area contributed by atoms with Gasteiger partial charge in [-0.05, 0) is 13.3 Å². The van der Waals surface area contributed by atoms with Crippen LogP contribution >= 0.6 is 0 Å². The SMILES string of the molecule is CC[C@@](NC(C)=O)(C(=O)OC)[C@@](C)(O)C(=O)OC. The second-order valence-corrected chi connectivity index (χ2v) is 4.00. The summed E-state index contributed by atoms with van der Waals surface area (Å²) in [5, 5.41) is 12.5. The van der Waals surface area contributed by atoms with E-state index in [1.54, 1.807) is 0 Å². The third-order valence-electron chi connectivity index (χ3n) is 2.87. The maximum atomic E-state index is 11.9. The van der Waals surface area contributed by atoms with Crippen molar-refractivity contribution in [1.29, 1.82) is 0 Å². The molecule has 7 heteroatoms. The first-order valence-electron chi connectivity index (χ1n) is 5.37. The van der Waals surface area contributed by atoms with Crippen LogP contribution in [0.25, 0.3) is 0 Å². The van der Waals surface area contributed by atoms with E-state index in [1.807, 2.05) is 0 Å². The summed E-state index contributed by atoms with van der Waals surface area (Å²) >= 11 is 0. The Morgan fingerprint density at radius 1 is 1.17 bits per heavy atom. The van der Waals surface area contributed by atoms with Gasteiger partial charge in [0.2, 0.25) is 5.91 Å². The molecule has 0 aliphatic carbocycles. The second-order valence-electron chi connectivity index (χ2n) is 4.00. The highest BCUT2D eigenvalue weighted by Gasteiger charge is 2.59. The topological polar surface area (TPSA) is 102 Å². The quantitative estimate of drug-likeness (QED) is 0.639. The summed E-state index contributed by atoms with van der Waals surface area (Å²) in [7, 11) is 2.17. The Kier molecular flexibility index (Phi) is 5.29. The number of ether oxygens (including phenoxy) is 2. The molecule has 0 spiro atoms. The molecular formula is C11H19NO6. The van der Waals surface area contributed by atoms with Crippen molar-refractivity contribution in [3.05, 3.63) is 0 Å². The number of amides is 1. The van der Waals surface area contributed by atoms with E-state index < -0.39 is 29.0 Å². The Balaban J connectivity index is 5.77. The fraction of sp³-hybridized carbons (Fsp3) is 0.727. The van der Waals surface area contributed by atoms with Crippen LogP contribution in [0.1, 0.15) is 27.2 Å². The minimum absolute atomic E-state index is 0.0403. The van der Waals surface area contributed by atoms with Crippen molar-refractivity contribution in [2.24, 2.45) is 0 Å². The van der Waals surface area contributed by atoms with E-state index in [2.05, 4.69) is 14.8 Å². The number of esters is 2. The van der Waals surface area contributed by atoms with Gasteiger partial charge in [0.15, 0.2) is 11.1 Å². The molecule has 0 unspecified atom stereocenters. The van der Waals surface area contributed by atoms with Gasteiger partial charge in [-0.15, -0.1) is 0 Å². The lowest BCUT2D eigenvalue weighted by atomic mass is 9.78. The summed E-state index contributed by atoms with van der Waals surface area (Å²) in [5.74, 6) is -2.54. The standard InChI is InChI=1S/C11H19NO6/c1-6-11(9(15)18-5,12-7(2)13)10(3,16)8(14)17-4/h16H,6H2,1-5H3,(H,12,13)/t10-,11+/m0/s1. The van der Waals surface area contributed by atoms with E-state index in [-0.39, 0.29) is 6.42 Å². The van der Waals surface area contributed by atoms with Crippen LogP contribution in [0.4, 0.5) is 0 Å². The summed E-state index contributed by atoms with van der Waals surface area (Å²) < 4.78 is 9.02. The molecule has 0 rings (SSSR count). The predicted octanol–water partition coefficient (Wildman–Crippen LogP) is -0.632. The molecular weight excluding hydrogens is 242 g/mol. The molecule has 0 fully saturated rings. The molecule has 2 atom stereocenters. The molecule has 0 aromatic carbocycles. The Hall–Kier alpha value is -1.63. The highest BCUT2D eigenvalue weighted by molar-refractivity contribution is 5.96. The lowest BCUT2D eigenvalue weighted by Gasteiger charge is -2.40. The van der Waals surface area contributed by atoms with Crippen LogP contribution in [0, 0.1) is 0 Å². The predicted molar refractivity (Wildman–Crippen MR) is 61.5 cm³/mol. The molecule has 0 aromatic rings. The molecule has 0 bridgehead atoms. The number of methoxy groups -OCH3 is 2. The average Bonchev–Trinajstić information content (AvgIpc) is 2.32. The highest BCUT2D eigenvalue weighted by atomic mass is 16.5. The van der Waals surface area contributed by atoms with Gasteiger partial charge in [0.05, 0.1) is 14.2 Å². The van der Waals surface area contributed by atoms with E-state index in [0.717, 1.165) is 21.1 Å². The third-order valence-corrected chi connectivity index (χ3v) is 2.87. The number of hydrogen-bond donors (Lipinski definition) is 2. The van der Waals surface area contributed by atoms with Crippen LogP contribution in [0.15, 0.2) is 0 Å². The van der Waals surface area contributed by atoms with E-state index in [9.17, 15) is 19.5 Å². The molecule has 0 aliphatic heterocycles. The van der Waals surface area contributed by atoms with Crippen LogP contribution in [-0.2, 0) is 23.9 Å². The Bertz CT molecular complexity index is 351. The van der Waals surface area contributed by atoms with Crippen molar-refractivity contribution in [1.82, 2.24) is 5.32 Å². The zero-order chi connectivity index (χ0) is 14.6. The van der Waals surface area contributed by atoms with E-state index >= 15 is 0 Å².